The number of rotatable bonds is 3. The van der Waals surface area contributed by atoms with Crippen LogP contribution in [0, 0.1) is 0 Å². The Kier molecular flexibility index (Phi) is 3.90. The molecule has 2 saturated heterocycles. The van der Waals surface area contributed by atoms with Crippen LogP contribution in [0.1, 0.15) is 6.42 Å². The first-order valence-corrected chi connectivity index (χ1v) is 7.71. The second kappa shape index (κ2) is 5.12. The van der Waals surface area contributed by atoms with Crippen molar-refractivity contribution in [3.05, 3.63) is 0 Å². The van der Waals surface area contributed by atoms with Gasteiger partial charge < -0.3 is 10.0 Å². The van der Waals surface area contributed by atoms with Gasteiger partial charge in [-0.25, -0.2) is 8.42 Å². The third-order valence-corrected chi connectivity index (χ3v) is 5.08. The lowest BCUT2D eigenvalue weighted by Gasteiger charge is -2.25. The summed E-state index contributed by atoms with van der Waals surface area (Å²) < 4.78 is 22.7. The van der Waals surface area contributed by atoms with Gasteiger partial charge in [0, 0.05) is 13.1 Å². The van der Waals surface area contributed by atoms with Crippen molar-refractivity contribution in [2.24, 2.45) is 0 Å². The molecular weight excluding hydrogens is 260 g/mol. The van der Waals surface area contributed by atoms with Gasteiger partial charge in [-0.05, 0) is 6.42 Å². The first-order chi connectivity index (χ1) is 8.37. The Morgan fingerprint density at radius 2 is 2.28 bits per heavy atom. The minimum Gasteiger partial charge on any atom is -0.389 e. The molecule has 1 unspecified atom stereocenters. The highest BCUT2D eigenvalue weighted by Crippen LogP contribution is 2.17. The standard InChI is InChI=1S/C10H18N2O5S/c1-11(8-2-3-18(15,16)7-8)10(14)5-12-4-9(13)6-17-12/h8-9,13H,2-7H2,1H3/t8?,9-/m1/s1. The molecule has 2 fully saturated rings. The number of likely N-dealkylation sites (N-methyl/N-ethyl adjacent to an activating group) is 1. The van der Waals surface area contributed by atoms with E-state index in [0.717, 1.165) is 0 Å². The highest BCUT2D eigenvalue weighted by molar-refractivity contribution is 7.91. The van der Waals surface area contributed by atoms with Crippen molar-refractivity contribution in [2.45, 2.75) is 18.6 Å². The molecule has 0 aromatic carbocycles. The number of hydrogen-bond acceptors (Lipinski definition) is 6. The molecule has 7 nitrogen and oxygen atoms in total. The second-order valence-electron chi connectivity index (χ2n) is 4.83. The van der Waals surface area contributed by atoms with Gasteiger partial charge in [-0.3, -0.25) is 9.63 Å². The van der Waals surface area contributed by atoms with Crippen LogP contribution in [-0.4, -0.2) is 79.8 Å². The quantitative estimate of drug-likeness (QED) is 0.658. The number of carbonyl (C=O) groups excluding carboxylic acids is 1. The molecule has 2 heterocycles. The molecular formula is C10H18N2O5S. The van der Waals surface area contributed by atoms with Crippen molar-refractivity contribution < 1.29 is 23.2 Å². The summed E-state index contributed by atoms with van der Waals surface area (Å²) in [4.78, 5) is 18.5. The van der Waals surface area contributed by atoms with E-state index in [-0.39, 0.29) is 36.6 Å². The molecule has 0 radical (unpaired) electrons. The van der Waals surface area contributed by atoms with Crippen molar-refractivity contribution in [1.29, 1.82) is 0 Å². The van der Waals surface area contributed by atoms with Crippen molar-refractivity contribution in [2.75, 3.05) is 38.2 Å². The van der Waals surface area contributed by atoms with Gasteiger partial charge in [-0.15, -0.1) is 0 Å². The van der Waals surface area contributed by atoms with Crippen LogP contribution in [0.25, 0.3) is 0 Å². The van der Waals surface area contributed by atoms with E-state index in [1.54, 1.807) is 7.05 Å². The third-order valence-electron chi connectivity index (χ3n) is 3.33. The number of nitrogens with zero attached hydrogens (tertiary/aromatic N) is 2. The van der Waals surface area contributed by atoms with Crippen LogP contribution >= 0.6 is 0 Å². The summed E-state index contributed by atoms with van der Waals surface area (Å²) in [7, 11) is -1.38. The Morgan fingerprint density at radius 3 is 2.78 bits per heavy atom. The molecule has 1 N–H and O–H groups in total. The van der Waals surface area contributed by atoms with Crippen molar-refractivity contribution in [3.8, 4) is 0 Å². The van der Waals surface area contributed by atoms with Crippen LogP contribution in [0.2, 0.25) is 0 Å². The zero-order valence-electron chi connectivity index (χ0n) is 10.3. The van der Waals surface area contributed by atoms with Gasteiger partial charge in [0.1, 0.15) is 6.54 Å². The number of aliphatic hydroxyl groups excluding tert-OH is 1. The molecule has 0 saturated carbocycles. The van der Waals surface area contributed by atoms with E-state index < -0.39 is 15.9 Å². The topological polar surface area (TPSA) is 87.2 Å². The molecule has 2 atom stereocenters. The highest BCUT2D eigenvalue weighted by Gasteiger charge is 2.34. The smallest absolute Gasteiger partial charge is 0.239 e. The number of hydrogen-bond donors (Lipinski definition) is 1. The second-order valence-corrected chi connectivity index (χ2v) is 7.06. The Morgan fingerprint density at radius 1 is 1.56 bits per heavy atom. The zero-order valence-corrected chi connectivity index (χ0v) is 11.1. The summed E-state index contributed by atoms with van der Waals surface area (Å²) in [6.07, 6.45) is -0.0661. The summed E-state index contributed by atoms with van der Waals surface area (Å²) in [6.45, 7) is 0.557. The molecule has 8 heteroatoms. The third kappa shape index (κ3) is 3.19. The molecule has 2 rings (SSSR count). The fourth-order valence-electron chi connectivity index (χ4n) is 2.19. The summed E-state index contributed by atoms with van der Waals surface area (Å²) in [5, 5.41) is 10.7. The minimum absolute atomic E-state index is 0.0404. The maximum absolute atomic E-state index is 11.9. The molecule has 2 aliphatic heterocycles. The number of carbonyl (C=O) groups is 1. The number of aliphatic hydroxyl groups is 1. The maximum Gasteiger partial charge on any atom is 0.239 e. The Balaban J connectivity index is 1.85. The van der Waals surface area contributed by atoms with Gasteiger partial charge in [0.2, 0.25) is 5.91 Å². The van der Waals surface area contributed by atoms with E-state index in [2.05, 4.69) is 0 Å². The van der Waals surface area contributed by atoms with E-state index in [1.165, 1.54) is 9.96 Å². The first-order valence-electron chi connectivity index (χ1n) is 5.89. The van der Waals surface area contributed by atoms with Crippen LogP contribution in [0.15, 0.2) is 0 Å². The van der Waals surface area contributed by atoms with Crippen LogP contribution < -0.4 is 0 Å². The van der Waals surface area contributed by atoms with Crippen molar-refractivity contribution in [3.63, 3.8) is 0 Å². The van der Waals surface area contributed by atoms with Crippen LogP contribution in [0.3, 0.4) is 0 Å². The minimum atomic E-state index is -2.99. The molecule has 0 aromatic heterocycles. The number of β-amino-alcohol motifs (C(OH)–C–C–N with tert-alkyl or cyclic N) is 1. The molecule has 0 aliphatic carbocycles. The molecule has 0 aromatic rings. The van der Waals surface area contributed by atoms with E-state index in [4.69, 9.17) is 4.84 Å². The Bertz CT molecular complexity index is 424. The SMILES string of the molecule is CN(C(=O)CN1C[C@@H](O)CO1)C1CCS(=O)(=O)C1. The Labute approximate surface area is 106 Å². The summed E-state index contributed by atoms with van der Waals surface area (Å²) in [6, 6.07) is -0.241. The largest absolute Gasteiger partial charge is 0.389 e. The average molecular weight is 278 g/mol. The average Bonchev–Trinajstić information content (AvgIpc) is 2.83. The molecule has 1 amide bonds. The predicted octanol–water partition coefficient (Wildman–Crippen LogP) is -1.76. The zero-order chi connectivity index (χ0) is 13.3. The van der Waals surface area contributed by atoms with Gasteiger partial charge >= 0.3 is 0 Å². The fourth-order valence-corrected chi connectivity index (χ4v) is 3.96. The van der Waals surface area contributed by atoms with Gasteiger partial charge in [0.05, 0.1) is 30.8 Å². The number of amides is 1. The molecule has 18 heavy (non-hydrogen) atoms. The molecule has 104 valence electrons. The monoisotopic (exact) mass is 278 g/mol. The number of sulfone groups is 1. The molecule has 0 bridgehead atoms. The van der Waals surface area contributed by atoms with E-state index in [0.29, 0.717) is 13.0 Å². The van der Waals surface area contributed by atoms with Crippen LogP contribution in [0.5, 0.6) is 0 Å². The molecule has 2 aliphatic rings. The first kappa shape index (κ1) is 13.7. The van der Waals surface area contributed by atoms with E-state index in [9.17, 15) is 18.3 Å². The highest BCUT2D eigenvalue weighted by atomic mass is 32.2. The lowest BCUT2D eigenvalue weighted by Crippen LogP contribution is -2.43. The summed E-state index contributed by atoms with van der Waals surface area (Å²) in [5.74, 6) is -0.00127. The lowest BCUT2D eigenvalue weighted by molar-refractivity contribution is -0.151. The number of hydroxylamine groups is 2. The Hall–Kier alpha value is -0.700. The van der Waals surface area contributed by atoms with Gasteiger partial charge in [0.15, 0.2) is 9.84 Å². The summed E-state index contributed by atoms with van der Waals surface area (Å²) >= 11 is 0. The van der Waals surface area contributed by atoms with Gasteiger partial charge in [-0.1, -0.05) is 0 Å². The lowest BCUT2D eigenvalue weighted by atomic mass is 10.2. The molecule has 0 spiro atoms. The normalized spacial score (nSPS) is 31.7. The van der Waals surface area contributed by atoms with E-state index >= 15 is 0 Å². The van der Waals surface area contributed by atoms with Gasteiger partial charge in [0.25, 0.3) is 0 Å². The van der Waals surface area contributed by atoms with Gasteiger partial charge in [-0.2, -0.15) is 5.06 Å². The maximum atomic E-state index is 11.9. The fraction of sp³-hybridized carbons (Fsp3) is 0.900. The van der Waals surface area contributed by atoms with Crippen LogP contribution in [0.4, 0.5) is 0 Å². The predicted molar refractivity (Wildman–Crippen MR) is 63.4 cm³/mol. The van der Waals surface area contributed by atoms with Crippen molar-refractivity contribution >= 4 is 15.7 Å². The summed E-state index contributed by atoms with van der Waals surface area (Å²) in [5.41, 5.74) is 0. The van der Waals surface area contributed by atoms with Crippen LogP contribution in [-0.2, 0) is 19.5 Å². The van der Waals surface area contributed by atoms with E-state index in [1.807, 2.05) is 0 Å². The van der Waals surface area contributed by atoms with Crippen molar-refractivity contribution in [1.82, 2.24) is 9.96 Å².